The van der Waals surface area contributed by atoms with Crippen molar-refractivity contribution in [3.8, 4) is 17.2 Å². The van der Waals surface area contributed by atoms with E-state index in [-0.39, 0.29) is 5.92 Å². The van der Waals surface area contributed by atoms with Gasteiger partial charge in [-0.1, -0.05) is 13.8 Å². The quantitative estimate of drug-likeness (QED) is 0.772. The van der Waals surface area contributed by atoms with Crippen molar-refractivity contribution in [1.29, 1.82) is 0 Å². The monoisotopic (exact) mass is 350 g/mol. The van der Waals surface area contributed by atoms with Crippen LogP contribution >= 0.6 is 0 Å². The Balaban J connectivity index is 2.96. The first-order chi connectivity index (χ1) is 11.9. The minimum absolute atomic E-state index is 0.144. The molecule has 6 nitrogen and oxygen atoms in total. The molecule has 0 saturated carbocycles. The normalized spacial score (nSPS) is 11.9. The fourth-order valence-corrected chi connectivity index (χ4v) is 3.06. The molecule has 0 aliphatic carbocycles. The molecule has 0 aromatic heterocycles. The van der Waals surface area contributed by atoms with Gasteiger partial charge < -0.3 is 28.8 Å². The van der Waals surface area contributed by atoms with Crippen molar-refractivity contribution in [2.24, 2.45) is 0 Å². The Morgan fingerprint density at radius 3 is 1.84 bits per heavy atom. The third-order valence-corrected chi connectivity index (χ3v) is 4.32. The van der Waals surface area contributed by atoms with Gasteiger partial charge in [0.2, 0.25) is 0 Å². The minimum atomic E-state index is -1.87. The first-order valence-electron chi connectivity index (χ1n) is 7.96. The summed E-state index contributed by atoms with van der Waals surface area (Å²) < 4.78 is 26.9. The van der Waals surface area contributed by atoms with Crippen molar-refractivity contribution in [3.05, 3.63) is 29.3 Å². The zero-order chi connectivity index (χ0) is 18.8. The van der Waals surface area contributed by atoms with E-state index in [1.807, 2.05) is 12.1 Å². The largest absolute Gasteiger partial charge is 0.496 e. The summed E-state index contributed by atoms with van der Waals surface area (Å²) in [5, 5.41) is 12.3. The molecule has 2 aromatic carbocycles. The summed E-state index contributed by atoms with van der Waals surface area (Å²) >= 11 is 0. The first kappa shape index (κ1) is 19.3. The molecule has 0 atom stereocenters. The number of hydrogen-bond donors (Lipinski definition) is 1. The average Bonchev–Trinajstić information content (AvgIpc) is 2.64. The van der Waals surface area contributed by atoms with Crippen molar-refractivity contribution < 1.29 is 28.8 Å². The van der Waals surface area contributed by atoms with Crippen LogP contribution in [0, 0.1) is 0 Å². The first-order valence-corrected chi connectivity index (χ1v) is 7.96. The standard InChI is InChI=1S/C19H26O6/c1-11(2)17-14-8-12(19(20,24-6)25-7)9-15(21-3)13(14)10-16(22-4)18(17)23-5/h8-11,20H,1-7H3. The molecule has 0 radical (unpaired) electrons. The number of fused-ring (bicyclic) bond motifs is 1. The van der Waals surface area contributed by atoms with Gasteiger partial charge in [0.25, 0.3) is 0 Å². The average molecular weight is 350 g/mol. The van der Waals surface area contributed by atoms with Gasteiger partial charge in [-0.3, -0.25) is 0 Å². The molecule has 2 rings (SSSR count). The van der Waals surface area contributed by atoms with Crippen molar-refractivity contribution in [1.82, 2.24) is 0 Å². The van der Waals surface area contributed by atoms with Gasteiger partial charge in [-0.05, 0) is 29.5 Å². The number of ether oxygens (including phenoxy) is 5. The summed E-state index contributed by atoms with van der Waals surface area (Å²) in [4.78, 5) is 0. The second-order valence-electron chi connectivity index (χ2n) is 5.94. The molecule has 0 fully saturated rings. The van der Waals surface area contributed by atoms with E-state index in [0.29, 0.717) is 22.8 Å². The highest BCUT2D eigenvalue weighted by molar-refractivity contribution is 5.95. The van der Waals surface area contributed by atoms with Gasteiger partial charge in [0, 0.05) is 30.7 Å². The Bertz CT molecular complexity index is 749. The fourth-order valence-electron chi connectivity index (χ4n) is 3.06. The second kappa shape index (κ2) is 7.47. The molecule has 0 spiro atoms. The van der Waals surface area contributed by atoms with Crippen LogP contribution < -0.4 is 14.2 Å². The molecule has 0 amide bonds. The van der Waals surface area contributed by atoms with Crippen LogP contribution in [0.25, 0.3) is 10.8 Å². The van der Waals surface area contributed by atoms with Crippen molar-refractivity contribution in [3.63, 3.8) is 0 Å². The molecule has 25 heavy (non-hydrogen) atoms. The summed E-state index contributed by atoms with van der Waals surface area (Å²) in [6.45, 7) is 4.13. The predicted molar refractivity (Wildman–Crippen MR) is 95.6 cm³/mol. The Labute approximate surface area is 148 Å². The maximum Gasteiger partial charge on any atom is 0.309 e. The summed E-state index contributed by atoms with van der Waals surface area (Å²) in [6.07, 6.45) is 0. The smallest absolute Gasteiger partial charge is 0.309 e. The van der Waals surface area contributed by atoms with Crippen molar-refractivity contribution in [2.45, 2.75) is 25.7 Å². The molecular weight excluding hydrogens is 324 g/mol. The Kier molecular flexibility index (Phi) is 5.77. The molecule has 0 heterocycles. The van der Waals surface area contributed by atoms with Crippen LogP contribution in [0.3, 0.4) is 0 Å². The molecule has 2 aromatic rings. The highest BCUT2D eigenvalue weighted by atomic mass is 16.8. The van der Waals surface area contributed by atoms with Gasteiger partial charge in [-0.25, -0.2) is 0 Å². The van der Waals surface area contributed by atoms with Gasteiger partial charge in [0.15, 0.2) is 11.5 Å². The number of rotatable bonds is 7. The van der Waals surface area contributed by atoms with Crippen LogP contribution in [0.1, 0.15) is 30.9 Å². The number of benzene rings is 2. The minimum Gasteiger partial charge on any atom is -0.496 e. The molecule has 138 valence electrons. The highest BCUT2D eigenvalue weighted by Crippen LogP contribution is 2.45. The highest BCUT2D eigenvalue weighted by Gasteiger charge is 2.31. The predicted octanol–water partition coefficient (Wildman–Crippen LogP) is 3.38. The van der Waals surface area contributed by atoms with Crippen LogP contribution in [0.5, 0.6) is 17.2 Å². The van der Waals surface area contributed by atoms with Gasteiger partial charge in [0.1, 0.15) is 5.75 Å². The van der Waals surface area contributed by atoms with E-state index in [1.165, 1.54) is 14.2 Å². The lowest BCUT2D eigenvalue weighted by molar-refractivity contribution is -0.352. The summed E-state index contributed by atoms with van der Waals surface area (Å²) in [5.74, 6) is 0.123. The van der Waals surface area contributed by atoms with E-state index in [1.54, 1.807) is 27.4 Å². The molecule has 6 heteroatoms. The molecule has 0 bridgehead atoms. The lowest BCUT2D eigenvalue weighted by atomic mass is 9.92. The van der Waals surface area contributed by atoms with E-state index in [9.17, 15) is 5.11 Å². The van der Waals surface area contributed by atoms with E-state index >= 15 is 0 Å². The SMILES string of the molecule is COc1cc2c(OC)cc(C(O)(OC)OC)cc2c(C(C)C)c1OC. The number of methoxy groups -OCH3 is 5. The van der Waals surface area contributed by atoms with Gasteiger partial charge in [0.05, 0.1) is 21.3 Å². The summed E-state index contributed by atoms with van der Waals surface area (Å²) in [6, 6.07) is 5.37. The zero-order valence-corrected chi connectivity index (χ0v) is 15.8. The Morgan fingerprint density at radius 2 is 1.40 bits per heavy atom. The summed E-state index contributed by atoms with van der Waals surface area (Å²) in [7, 11) is 7.53. The molecule has 0 aliphatic heterocycles. The third-order valence-electron chi connectivity index (χ3n) is 4.32. The van der Waals surface area contributed by atoms with Gasteiger partial charge >= 0.3 is 5.97 Å². The van der Waals surface area contributed by atoms with Crippen LogP contribution in [-0.2, 0) is 15.4 Å². The maximum absolute atomic E-state index is 10.6. The number of hydrogen-bond acceptors (Lipinski definition) is 6. The van der Waals surface area contributed by atoms with E-state index < -0.39 is 5.97 Å². The molecular formula is C19H26O6. The van der Waals surface area contributed by atoms with E-state index in [2.05, 4.69) is 13.8 Å². The number of aliphatic hydroxyl groups is 1. The Hall–Kier alpha value is -2.02. The van der Waals surface area contributed by atoms with E-state index in [4.69, 9.17) is 23.7 Å². The van der Waals surface area contributed by atoms with Crippen LogP contribution in [0.4, 0.5) is 0 Å². The van der Waals surface area contributed by atoms with Gasteiger partial charge in [-0.15, -0.1) is 0 Å². The molecule has 0 unspecified atom stereocenters. The lowest BCUT2D eigenvalue weighted by Gasteiger charge is -2.26. The van der Waals surface area contributed by atoms with Crippen LogP contribution in [0.15, 0.2) is 18.2 Å². The fraction of sp³-hybridized carbons (Fsp3) is 0.474. The van der Waals surface area contributed by atoms with Crippen LogP contribution in [-0.4, -0.2) is 40.7 Å². The molecule has 0 saturated heterocycles. The second-order valence-corrected chi connectivity index (χ2v) is 5.94. The van der Waals surface area contributed by atoms with E-state index in [0.717, 1.165) is 16.3 Å². The van der Waals surface area contributed by atoms with Gasteiger partial charge in [-0.2, -0.15) is 0 Å². The van der Waals surface area contributed by atoms with Crippen LogP contribution in [0.2, 0.25) is 0 Å². The topological polar surface area (TPSA) is 66.4 Å². The third kappa shape index (κ3) is 3.25. The molecule has 1 N–H and O–H groups in total. The maximum atomic E-state index is 10.6. The van der Waals surface area contributed by atoms with Crippen molar-refractivity contribution in [2.75, 3.05) is 35.5 Å². The zero-order valence-electron chi connectivity index (χ0n) is 15.8. The molecule has 0 aliphatic rings. The Morgan fingerprint density at radius 1 is 0.800 bits per heavy atom. The summed E-state index contributed by atoms with van der Waals surface area (Å²) in [5.41, 5.74) is 1.38. The lowest BCUT2D eigenvalue weighted by Crippen LogP contribution is -2.30. The van der Waals surface area contributed by atoms with Crippen molar-refractivity contribution >= 4 is 10.8 Å².